The quantitative estimate of drug-likeness (QED) is 0.385. The van der Waals surface area contributed by atoms with E-state index < -0.39 is 6.03 Å². The number of carbonyl (C=O) groups is 1. The molecule has 33 heavy (non-hydrogen) atoms. The van der Waals surface area contributed by atoms with Crippen LogP contribution < -0.4 is 29.6 Å². The van der Waals surface area contributed by atoms with E-state index in [1.54, 1.807) is 58.8 Å². The van der Waals surface area contributed by atoms with Gasteiger partial charge >= 0.3 is 6.03 Å². The lowest BCUT2D eigenvalue weighted by Crippen LogP contribution is -2.19. The van der Waals surface area contributed by atoms with E-state index in [0.29, 0.717) is 39.4 Å². The molecule has 0 radical (unpaired) electrons. The Morgan fingerprint density at radius 1 is 0.727 bits per heavy atom. The average molecular weight is 469 g/mol. The highest BCUT2D eigenvalue weighted by Gasteiger charge is 2.12. The van der Waals surface area contributed by atoms with Crippen LogP contribution in [0, 0.1) is 0 Å². The topological polar surface area (TPSA) is 78.1 Å². The van der Waals surface area contributed by atoms with Crippen molar-refractivity contribution in [3.8, 4) is 23.0 Å². The van der Waals surface area contributed by atoms with Gasteiger partial charge in [-0.05, 0) is 59.7 Å². The Hall–Kier alpha value is -3.84. The standard InChI is InChI=1S/C25H25ClN2O5/c1-30-21-12-7-16(5-6-17-14-22(31-2)24(33-4)23(15-17)32-3)13-20(21)28-25(29)27-19-10-8-18(26)9-11-19/h5-15H,1-4H3,(H2,27,28,29)/b6-5-. The first kappa shape index (κ1) is 23.8. The lowest BCUT2D eigenvalue weighted by atomic mass is 10.1. The Kier molecular flexibility index (Phi) is 8.05. The summed E-state index contributed by atoms with van der Waals surface area (Å²) in [7, 11) is 6.25. The molecule has 0 unspecified atom stereocenters. The van der Waals surface area contributed by atoms with E-state index in [2.05, 4.69) is 10.6 Å². The summed E-state index contributed by atoms with van der Waals surface area (Å²) in [6, 6.07) is 15.6. The van der Waals surface area contributed by atoms with Gasteiger partial charge in [0.2, 0.25) is 5.75 Å². The van der Waals surface area contributed by atoms with Crippen molar-refractivity contribution in [3.63, 3.8) is 0 Å². The van der Waals surface area contributed by atoms with Crippen LogP contribution in [0.15, 0.2) is 54.6 Å². The van der Waals surface area contributed by atoms with Crippen LogP contribution >= 0.6 is 11.6 Å². The fraction of sp³-hybridized carbons (Fsp3) is 0.160. The molecule has 0 saturated carbocycles. The first-order valence-corrected chi connectivity index (χ1v) is 10.3. The zero-order valence-corrected chi connectivity index (χ0v) is 19.5. The van der Waals surface area contributed by atoms with E-state index in [4.69, 9.17) is 30.5 Å². The second kappa shape index (κ2) is 11.2. The SMILES string of the molecule is COc1ccc(/C=C\c2cc(OC)c(OC)c(OC)c2)cc1NC(=O)Nc1ccc(Cl)cc1. The van der Waals surface area contributed by atoms with Crippen LogP contribution in [0.2, 0.25) is 5.02 Å². The summed E-state index contributed by atoms with van der Waals surface area (Å²) in [5, 5.41) is 6.17. The minimum Gasteiger partial charge on any atom is -0.495 e. The summed E-state index contributed by atoms with van der Waals surface area (Å²) in [6.45, 7) is 0. The molecular weight excluding hydrogens is 444 g/mol. The second-order valence-electron chi connectivity index (χ2n) is 6.84. The molecule has 2 amide bonds. The van der Waals surface area contributed by atoms with Gasteiger partial charge in [0.1, 0.15) is 5.75 Å². The smallest absolute Gasteiger partial charge is 0.323 e. The number of hydrogen-bond acceptors (Lipinski definition) is 5. The lowest BCUT2D eigenvalue weighted by Gasteiger charge is -2.13. The first-order valence-electron chi connectivity index (χ1n) is 9.97. The average Bonchev–Trinajstić information content (AvgIpc) is 2.83. The predicted octanol–water partition coefficient (Wildman–Crippen LogP) is 6.19. The molecule has 0 atom stereocenters. The maximum atomic E-state index is 12.5. The molecule has 0 spiro atoms. The van der Waals surface area contributed by atoms with Gasteiger partial charge in [-0.25, -0.2) is 4.79 Å². The Morgan fingerprint density at radius 3 is 1.91 bits per heavy atom. The van der Waals surface area contributed by atoms with Crippen molar-refractivity contribution in [2.75, 3.05) is 39.1 Å². The van der Waals surface area contributed by atoms with Crippen molar-refractivity contribution in [2.45, 2.75) is 0 Å². The zero-order valence-electron chi connectivity index (χ0n) is 18.8. The van der Waals surface area contributed by atoms with Crippen molar-refractivity contribution in [1.82, 2.24) is 0 Å². The van der Waals surface area contributed by atoms with Gasteiger partial charge in [-0.15, -0.1) is 0 Å². The molecule has 2 N–H and O–H groups in total. The van der Waals surface area contributed by atoms with Crippen LogP contribution in [0.1, 0.15) is 11.1 Å². The number of urea groups is 1. The van der Waals surface area contributed by atoms with Crippen LogP contribution in [0.25, 0.3) is 12.2 Å². The molecular formula is C25H25ClN2O5. The number of carbonyl (C=O) groups excluding carboxylic acids is 1. The van der Waals surface area contributed by atoms with E-state index >= 15 is 0 Å². The van der Waals surface area contributed by atoms with E-state index in [-0.39, 0.29) is 0 Å². The van der Waals surface area contributed by atoms with Crippen molar-refractivity contribution in [3.05, 3.63) is 70.7 Å². The molecule has 0 aromatic heterocycles. The van der Waals surface area contributed by atoms with Crippen LogP contribution in [0.5, 0.6) is 23.0 Å². The molecule has 0 fully saturated rings. The number of nitrogens with one attached hydrogen (secondary N) is 2. The number of methoxy groups -OCH3 is 4. The van der Waals surface area contributed by atoms with Gasteiger partial charge in [0, 0.05) is 10.7 Å². The number of halogens is 1. The summed E-state index contributed by atoms with van der Waals surface area (Å²) in [6.07, 6.45) is 3.81. The largest absolute Gasteiger partial charge is 0.495 e. The molecule has 0 aliphatic rings. The lowest BCUT2D eigenvalue weighted by molar-refractivity contribution is 0.262. The number of hydrogen-bond donors (Lipinski definition) is 2. The molecule has 8 heteroatoms. The molecule has 3 aromatic rings. The Bertz CT molecular complexity index is 1120. The van der Waals surface area contributed by atoms with Gasteiger partial charge in [-0.3, -0.25) is 0 Å². The van der Waals surface area contributed by atoms with E-state index in [0.717, 1.165) is 11.1 Å². The monoisotopic (exact) mass is 468 g/mol. The summed E-state index contributed by atoms with van der Waals surface area (Å²) in [5.41, 5.74) is 2.85. The third kappa shape index (κ3) is 6.11. The molecule has 7 nitrogen and oxygen atoms in total. The summed E-state index contributed by atoms with van der Waals surface area (Å²) in [5.74, 6) is 2.19. The molecule has 3 aromatic carbocycles. The fourth-order valence-electron chi connectivity index (χ4n) is 3.13. The number of rotatable bonds is 8. The van der Waals surface area contributed by atoms with Gasteiger partial charge in [-0.1, -0.05) is 29.8 Å². The van der Waals surface area contributed by atoms with Crippen molar-refractivity contribution < 1.29 is 23.7 Å². The number of ether oxygens (including phenoxy) is 4. The van der Waals surface area contributed by atoms with Gasteiger partial charge in [-0.2, -0.15) is 0 Å². The van der Waals surface area contributed by atoms with E-state index in [1.165, 1.54) is 0 Å². The van der Waals surface area contributed by atoms with Crippen molar-refractivity contribution in [1.29, 1.82) is 0 Å². The van der Waals surface area contributed by atoms with E-state index in [9.17, 15) is 4.79 Å². The van der Waals surface area contributed by atoms with Crippen molar-refractivity contribution in [2.24, 2.45) is 0 Å². The number of amides is 2. The third-order valence-corrected chi connectivity index (χ3v) is 4.98. The first-order chi connectivity index (χ1) is 16.0. The second-order valence-corrected chi connectivity index (χ2v) is 7.27. The van der Waals surface area contributed by atoms with Crippen LogP contribution in [-0.4, -0.2) is 34.5 Å². The predicted molar refractivity (Wildman–Crippen MR) is 132 cm³/mol. The maximum absolute atomic E-state index is 12.5. The minimum absolute atomic E-state index is 0.402. The molecule has 0 aliphatic heterocycles. The number of anilines is 2. The van der Waals surface area contributed by atoms with Gasteiger partial charge in [0.05, 0.1) is 34.1 Å². The Morgan fingerprint density at radius 2 is 1.33 bits per heavy atom. The highest BCUT2D eigenvalue weighted by atomic mass is 35.5. The number of benzene rings is 3. The molecule has 0 heterocycles. The molecule has 0 bridgehead atoms. The highest BCUT2D eigenvalue weighted by molar-refractivity contribution is 6.30. The van der Waals surface area contributed by atoms with Crippen molar-refractivity contribution >= 4 is 41.2 Å². The molecule has 0 saturated heterocycles. The summed E-state index contributed by atoms with van der Waals surface area (Å²) < 4.78 is 21.6. The highest BCUT2D eigenvalue weighted by Crippen LogP contribution is 2.38. The van der Waals surface area contributed by atoms with E-state index in [1.807, 2.05) is 36.4 Å². The Labute approximate surface area is 197 Å². The third-order valence-electron chi connectivity index (χ3n) is 4.73. The van der Waals surface area contributed by atoms with Crippen LogP contribution in [0.3, 0.4) is 0 Å². The molecule has 3 rings (SSSR count). The zero-order chi connectivity index (χ0) is 23.8. The Balaban J connectivity index is 1.81. The maximum Gasteiger partial charge on any atom is 0.323 e. The van der Waals surface area contributed by atoms with Gasteiger partial charge in [0.15, 0.2) is 11.5 Å². The van der Waals surface area contributed by atoms with Crippen LogP contribution in [0.4, 0.5) is 16.2 Å². The van der Waals surface area contributed by atoms with Gasteiger partial charge < -0.3 is 29.6 Å². The summed E-state index contributed by atoms with van der Waals surface area (Å²) >= 11 is 5.89. The van der Waals surface area contributed by atoms with Gasteiger partial charge in [0.25, 0.3) is 0 Å². The molecule has 172 valence electrons. The van der Waals surface area contributed by atoms with Crippen LogP contribution in [-0.2, 0) is 0 Å². The minimum atomic E-state index is -0.402. The summed E-state index contributed by atoms with van der Waals surface area (Å²) in [4.78, 5) is 12.5. The fourth-order valence-corrected chi connectivity index (χ4v) is 3.26. The molecule has 0 aliphatic carbocycles. The normalized spacial score (nSPS) is 10.6.